The molecule has 44 heavy (non-hydrogen) atoms. The van der Waals surface area contributed by atoms with E-state index in [2.05, 4.69) is 15.3 Å². The van der Waals surface area contributed by atoms with Crippen molar-refractivity contribution in [1.29, 1.82) is 0 Å². The lowest BCUT2D eigenvalue weighted by Gasteiger charge is -2.36. The molecule has 1 aliphatic heterocycles. The number of nitrogens with zero attached hydrogens (tertiary/aromatic N) is 4. The molecule has 11 heteroatoms. The maximum absolute atomic E-state index is 13.7. The van der Waals surface area contributed by atoms with Crippen molar-refractivity contribution in [2.75, 3.05) is 26.2 Å². The lowest BCUT2D eigenvalue weighted by Crippen LogP contribution is -2.56. The van der Waals surface area contributed by atoms with E-state index >= 15 is 0 Å². The van der Waals surface area contributed by atoms with Crippen LogP contribution < -0.4 is 10.1 Å². The molecular weight excluding hydrogens is 562 g/mol. The van der Waals surface area contributed by atoms with Crippen LogP contribution in [-0.4, -0.2) is 87.4 Å². The van der Waals surface area contributed by atoms with Crippen molar-refractivity contribution >= 4 is 23.7 Å². The lowest BCUT2D eigenvalue weighted by atomic mass is 10.1. The molecule has 0 spiro atoms. The van der Waals surface area contributed by atoms with Gasteiger partial charge in [-0.05, 0) is 59.3 Å². The summed E-state index contributed by atoms with van der Waals surface area (Å²) in [5.41, 5.74) is 0.120. The molecule has 1 aromatic carbocycles. The summed E-state index contributed by atoms with van der Waals surface area (Å²) in [6.45, 7) is 8.82. The maximum Gasteiger partial charge on any atom is 0.306 e. The van der Waals surface area contributed by atoms with Gasteiger partial charge < -0.3 is 24.6 Å². The number of carbonyl (C=O) groups excluding carboxylic acids is 4. The third-order valence-corrected chi connectivity index (χ3v) is 7.63. The zero-order valence-electron chi connectivity index (χ0n) is 26.3. The van der Waals surface area contributed by atoms with Gasteiger partial charge in [-0.15, -0.1) is 0 Å². The van der Waals surface area contributed by atoms with Gasteiger partial charge in [0.1, 0.15) is 23.4 Å². The largest absolute Gasteiger partial charge is 0.474 e. The van der Waals surface area contributed by atoms with Crippen molar-refractivity contribution in [3.63, 3.8) is 0 Å². The molecule has 11 nitrogen and oxygen atoms in total. The van der Waals surface area contributed by atoms with E-state index in [1.165, 1.54) is 6.07 Å². The fraction of sp³-hybridized carbons (Fsp3) is 0.576. The average Bonchev–Trinajstić information content (AvgIpc) is 3.51. The predicted molar refractivity (Wildman–Crippen MR) is 165 cm³/mol. The smallest absolute Gasteiger partial charge is 0.306 e. The van der Waals surface area contributed by atoms with E-state index in [9.17, 15) is 19.2 Å². The normalized spacial score (nSPS) is 16.4. The highest BCUT2D eigenvalue weighted by atomic mass is 16.6. The molecule has 3 amide bonds. The third kappa shape index (κ3) is 9.49. The highest BCUT2D eigenvalue weighted by molar-refractivity contribution is 5.97. The Hall–Kier alpha value is -4.02. The Morgan fingerprint density at radius 1 is 0.955 bits per heavy atom. The minimum absolute atomic E-state index is 0.0236. The van der Waals surface area contributed by atoms with Gasteiger partial charge in [-0.25, -0.2) is 4.98 Å². The fourth-order valence-electron chi connectivity index (χ4n) is 5.41. The minimum atomic E-state index is -0.998. The molecule has 1 aromatic heterocycles. The van der Waals surface area contributed by atoms with E-state index in [4.69, 9.17) is 9.47 Å². The van der Waals surface area contributed by atoms with Crippen LogP contribution in [0, 0.1) is 0 Å². The number of benzene rings is 1. The number of rotatable bonds is 11. The highest BCUT2D eigenvalue weighted by Crippen LogP contribution is 2.25. The maximum atomic E-state index is 13.7. The molecule has 0 unspecified atom stereocenters. The third-order valence-electron chi connectivity index (χ3n) is 7.63. The molecule has 2 heterocycles. The Morgan fingerprint density at radius 2 is 1.61 bits per heavy atom. The van der Waals surface area contributed by atoms with E-state index in [-0.39, 0.29) is 36.5 Å². The molecule has 1 saturated heterocycles. The van der Waals surface area contributed by atoms with Crippen molar-refractivity contribution in [1.82, 2.24) is 25.1 Å². The van der Waals surface area contributed by atoms with Crippen molar-refractivity contribution in [3.05, 3.63) is 42.1 Å². The van der Waals surface area contributed by atoms with Gasteiger partial charge in [0.25, 0.3) is 5.91 Å². The second-order valence-corrected chi connectivity index (χ2v) is 12.4. The number of amides is 3. The fourth-order valence-corrected chi connectivity index (χ4v) is 5.41. The van der Waals surface area contributed by atoms with Gasteiger partial charge in [0.15, 0.2) is 5.82 Å². The molecule has 0 bridgehead atoms. The van der Waals surface area contributed by atoms with E-state index in [0.717, 1.165) is 37.7 Å². The molecule has 238 valence electrons. The van der Waals surface area contributed by atoms with Gasteiger partial charge in [0.2, 0.25) is 17.7 Å². The summed E-state index contributed by atoms with van der Waals surface area (Å²) < 4.78 is 11.6. The van der Waals surface area contributed by atoms with Crippen LogP contribution in [0.5, 0.6) is 5.88 Å². The van der Waals surface area contributed by atoms with E-state index in [1.54, 1.807) is 30.6 Å². The SMILES string of the molecule is CCCC(=O)N1CCN(C(=O)[C@H](CCC(=O)OC(C)(C)C)NC(=O)c2cc(OC3CCCC3)nc(-c3ccccc3)n2)CC1. The summed E-state index contributed by atoms with van der Waals surface area (Å²) in [5.74, 6) is -0.622. The number of hydrogen-bond donors (Lipinski definition) is 1. The molecule has 0 radical (unpaired) electrons. The van der Waals surface area contributed by atoms with Crippen LogP contribution in [0.4, 0.5) is 0 Å². The van der Waals surface area contributed by atoms with Crippen LogP contribution in [0.1, 0.15) is 89.5 Å². The average molecular weight is 608 g/mol. The molecule has 2 aliphatic rings. The molecule has 1 N–H and O–H groups in total. The van der Waals surface area contributed by atoms with Crippen LogP contribution in [-0.2, 0) is 19.1 Å². The quantitative estimate of drug-likeness (QED) is 0.377. The van der Waals surface area contributed by atoms with Crippen LogP contribution in [0.3, 0.4) is 0 Å². The summed E-state index contributed by atoms with van der Waals surface area (Å²) in [5, 5.41) is 2.84. The second kappa shape index (κ2) is 15.1. The molecule has 1 atom stereocenters. The number of ether oxygens (including phenoxy) is 2. The van der Waals surface area contributed by atoms with E-state index < -0.39 is 23.5 Å². The van der Waals surface area contributed by atoms with Crippen LogP contribution in [0.25, 0.3) is 11.4 Å². The Labute approximate surface area is 259 Å². The molecule has 4 rings (SSSR count). The van der Waals surface area contributed by atoms with Crippen LogP contribution in [0.2, 0.25) is 0 Å². The second-order valence-electron chi connectivity index (χ2n) is 12.4. The monoisotopic (exact) mass is 607 g/mol. The van der Waals surface area contributed by atoms with Gasteiger partial charge in [-0.1, -0.05) is 37.3 Å². The van der Waals surface area contributed by atoms with Gasteiger partial charge >= 0.3 is 5.97 Å². The molecular formula is C33H45N5O6. The summed E-state index contributed by atoms with van der Waals surface area (Å²) in [4.78, 5) is 64.9. The first-order valence-electron chi connectivity index (χ1n) is 15.7. The number of hydrogen-bond acceptors (Lipinski definition) is 8. The Kier molecular flexibility index (Phi) is 11.3. The van der Waals surface area contributed by atoms with Crippen molar-refractivity contribution < 1.29 is 28.7 Å². The Balaban J connectivity index is 1.54. The van der Waals surface area contributed by atoms with Gasteiger partial charge in [0, 0.05) is 50.7 Å². The topological polar surface area (TPSA) is 131 Å². The predicted octanol–water partition coefficient (Wildman–Crippen LogP) is 4.16. The zero-order chi connectivity index (χ0) is 31.7. The molecule has 1 aliphatic carbocycles. The first-order chi connectivity index (χ1) is 21.0. The standard InChI is InChI=1S/C33H45N5O6/c1-5-11-28(39)37-18-20-38(21-19-37)32(42)25(16-17-29(40)44-33(2,3)4)35-31(41)26-22-27(43-24-14-9-10-15-24)36-30(34-26)23-12-7-6-8-13-23/h6-8,12-13,22,24-25H,5,9-11,14-21H2,1-4H3,(H,35,41)/t25-/m0/s1. The zero-order valence-corrected chi connectivity index (χ0v) is 26.3. The van der Waals surface area contributed by atoms with Gasteiger partial charge in [-0.3, -0.25) is 19.2 Å². The van der Waals surface area contributed by atoms with Crippen molar-refractivity contribution in [2.24, 2.45) is 0 Å². The van der Waals surface area contributed by atoms with Gasteiger partial charge in [0.05, 0.1) is 0 Å². The summed E-state index contributed by atoms with van der Waals surface area (Å²) in [7, 11) is 0. The first kappa shape index (κ1) is 32.9. The van der Waals surface area contributed by atoms with Crippen molar-refractivity contribution in [2.45, 2.75) is 96.8 Å². The first-order valence-corrected chi connectivity index (χ1v) is 15.7. The summed E-state index contributed by atoms with van der Waals surface area (Å²) >= 11 is 0. The molecule has 1 saturated carbocycles. The molecule has 2 fully saturated rings. The minimum Gasteiger partial charge on any atom is -0.474 e. The number of carbonyl (C=O) groups is 4. The van der Waals surface area contributed by atoms with Crippen LogP contribution in [0.15, 0.2) is 36.4 Å². The summed E-state index contributed by atoms with van der Waals surface area (Å²) in [6, 6.07) is 9.84. The molecule has 2 aromatic rings. The number of nitrogens with one attached hydrogen (secondary N) is 1. The number of esters is 1. The highest BCUT2D eigenvalue weighted by Gasteiger charge is 2.32. The van der Waals surface area contributed by atoms with E-state index in [0.29, 0.717) is 44.3 Å². The Morgan fingerprint density at radius 3 is 2.25 bits per heavy atom. The Bertz CT molecular complexity index is 1300. The lowest BCUT2D eigenvalue weighted by molar-refractivity contribution is -0.155. The summed E-state index contributed by atoms with van der Waals surface area (Å²) in [6.07, 6.45) is 5.26. The number of piperazine rings is 1. The van der Waals surface area contributed by atoms with Crippen molar-refractivity contribution in [3.8, 4) is 17.3 Å². The van der Waals surface area contributed by atoms with Gasteiger partial charge in [-0.2, -0.15) is 4.98 Å². The van der Waals surface area contributed by atoms with Crippen LogP contribution >= 0.6 is 0 Å². The van der Waals surface area contributed by atoms with E-state index in [1.807, 2.05) is 37.3 Å². The number of aromatic nitrogens is 2.